The fraction of sp³-hybridized carbons (Fsp3) is 0.259. The molecular weight excluding hydrogens is 451 g/mol. The fourth-order valence-electron chi connectivity index (χ4n) is 3.78. The van der Waals surface area contributed by atoms with Crippen molar-refractivity contribution < 1.29 is 28.2 Å². The number of fused-ring (bicyclic) bond motifs is 1. The average molecular weight is 479 g/mol. The Bertz CT molecular complexity index is 1200. The first-order valence-electron chi connectivity index (χ1n) is 11.4. The van der Waals surface area contributed by atoms with Crippen molar-refractivity contribution in [3.8, 4) is 5.75 Å². The molecule has 0 bridgehead atoms. The summed E-state index contributed by atoms with van der Waals surface area (Å²) in [7, 11) is 0. The van der Waals surface area contributed by atoms with E-state index in [-0.39, 0.29) is 25.1 Å². The number of anilines is 1. The SMILES string of the molecule is CCOC(=O)c1ccccc1NC(=O)N1CCOc2ccc(COCc3ccccc3F)cc2C1. The van der Waals surface area contributed by atoms with E-state index in [0.29, 0.717) is 48.9 Å². The van der Waals surface area contributed by atoms with Gasteiger partial charge in [-0.3, -0.25) is 0 Å². The smallest absolute Gasteiger partial charge is 0.340 e. The largest absolute Gasteiger partial charge is 0.491 e. The van der Waals surface area contributed by atoms with Gasteiger partial charge in [-0.25, -0.2) is 14.0 Å². The molecule has 0 radical (unpaired) electrons. The molecule has 0 fully saturated rings. The molecule has 3 aromatic rings. The summed E-state index contributed by atoms with van der Waals surface area (Å²) in [4.78, 5) is 26.9. The molecule has 0 saturated carbocycles. The number of nitrogens with zero attached hydrogens (tertiary/aromatic N) is 1. The standard InChI is InChI=1S/C27H27FN2O5/c1-2-34-26(31)22-8-4-6-10-24(22)29-27(32)30-13-14-35-25-12-11-19(15-21(25)16-30)17-33-18-20-7-3-5-9-23(20)28/h3-12,15H,2,13-14,16-18H2,1H3,(H,29,32). The molecule has 1 aliphatic heterocycles. The average Bonchev–Trinajstić information content (AvgIpc) is 3.08. The molecule has 7 nitrogen and oxygen atoms in total. The predicted molar refractivity (Wildman–Crippen MR) is 129 cm³/mol. The Balaban J connectivity index is 1.42. The Hall–Kier alpha value is -3.91. The van der Waals surface area contributed by atoms with Crippen LogP contribution in [0.5, 0.6) is 5.75 Å². The molecule has 8 heteroatoms. The lowest BCUT2D eigenvalue weighted by molar-refractivity contribution is 0.0527. The van der Waals surface area contributed by atoms with E-state index in [2.05, 4.69) is 5.32 Å². The monoisotopic (exact) mass is 478 g/mol. The van der Waals surface area contributed by atoms with Crippen LogP contribution in [0.4, 0.5) is 14.9 Å². The zero-order valence-electron chi connectivity index (χ0n) is 19.5. The summed E-state index contributed by atoms with van der Waals surface area (Å²) >= 11 is 0. The van der Waals surface area contributed by atoms with Gasteiger partial charge < -0.3 is 24.4 Å². The van der Waals surface area contributed by atoms with Gasteiger partial charge in [0.1, 0.15) is 18.2 Å². The summed E-state index contributed by atoms with van der Waals surface area (Å²) in [5.74, 6) is -0.0907. The highest BCUT2D eigenvalue weighted by atomic mass is 19.1. The first kappa shape index (κ1) is 24.2. The highest BCUT2D eigenvalue weighted by Crippen LogP contribution is 2.26. The molecule has 2 amide bonds. The van der Waals surface area contributed by atoms with Crippen LogP contribution < -0.4 is 10.1 Å². The van der Waals surface area contributed by atoms with E-state index in [0.717, 1.165) is 11.1 Å². The lowest BCUT2D eigenvalue weighted by Gasteiger charge is -2.21. The third-order valence-corrected chi connectivity index (χ3v) is 5.54. The molecular formula is C27H27FN2O5. The van der Waals surface area contributed by atoms with E-state index in [9.17, 15) is 14.0 Å². The van der Waals surface area contributed by atoms with E-state index in [1.807, 2.05) is 18.2 Å². The number of esters is 1. The van der Waals surface area contributed by atoms with Crippen molar-refractivity contribution in [2.45, 2.75) is 26.7 Å². The number of carbonyl (C=O) groups is 2. The number of hydrogen-bond donors (Lipinski definition) is 1. The van der Waals surface area contributed by atoms with Crippen LogP contribution in [-0.2, 0) is 29.2 Å². The molecule has 1 heterocycles. The first-order chi connectivity index (χ1) is 17.0. The summed E-state index contributed by atoms with van der Waals surface area (Å²) in [5, 5.41) is 2.82. The zero-order chi connectivity index (χ0) is 24.6. The fourth-order valence-corrected chi connectivity index (χ4v) is 3.78. The van der Waals surface area contributed by atoms with Crippen LogP contribution in [0.3, 0.4) is 0 Å². The number of rotatable bonds is 7. The number of carbonyl (C=O) groups excluding carboxylic acids is 2. The molecule has 35 heavy (non-hydrogen) atoms. The Kier molecular flexibility index (Phi) is 7.95. The molecule has 1 N–H and O–H groups in total. The lowest BCUT2D eigenvalue weighted by Crippen LogP contribution is -2.36. The molecule has 4 rings (SSSR count). The Morgan fingerprint density at radius 2 is 1.86 bits per heavy atom. The molecule has 1 aliphatic rings. The predicted octanol–water partition coefficient (Wildman–Crippen LogP) is 5.15. The molecule has 0 aliphatic carbocycles. The van der Waals surface area contributed by atoms with Crippen LogP contribution >= 0.6 is 0 Å². The van der Waals surface area contributed by atoms with Gasteiger partial charge in [0.2, 0.25) is 0 Å². The third kappa shape index (κ3) is 6.16. The van der Waals surface area contributed by atoms with Crippen LogP contribution in [-0.4, -0.2) is 36.7 Å². The second kappa shape index (κ2) is 11.5. The molecule has 182 valence electrons. The number of urea groups is 1. The quantitative estimate of drug-likeness (QED) is 0.476. The maximum Gasteiger partial charge on any atom is 0.340 e. The number of hydrogen-bond acceptors (Lipinski definition) is 5. The maximum absolute atomic E-state index is 13.8. The van der Waals surface area contributed by atoms with Gasteiger partial charge in [0.15, 0.2) is 0 Å². The van der Waals surface area contributed by atoms with E-state index in [1.165, 1.54) is 6.07 Å². The number of para-hydroxylation sites is 1. The third-order valence-electron chi connectivity index (χ3n) is 5.54. The van der Waals surface area contributed by atoms with E-state index >= 15 is 0 Å². The highest BCUT2D eigenvalue weighted by molar-refractivity contribution is 6.00. The minimum atomic E-state index is -0.493. The van der Waals surface area contributed by atoms with Crippen LogP contribution in [0.1, 0.15) is 34.0 Å². The normalized spacial score (nSPS) is 12.8. The van der Waals surface area contributed by atoms with Crippen molar-refractivity contribution in [3.05, 3.63) is 94.8 Å². The van der Waals surface area contributed by atoms with E-state index in [4.69, 9.17) is 14.2 Å². The first-order valence-corrected chi connectivity index (χ1v) is 11.4. The number of benzene rings is 3. The van der Waals surface area contributed by atoms with Gasteiger partial charge in [-0.05, 0) is 42.8 Å². The topological polar surface area (TPSA) is 77.1 Å². The van der Waals surface area contributed by atoms with Gasteiger partial charge in [-0.1, -0.05) is 36.4 Å². The Labute approximate surface area is 203 Å². The number of nitrogens with one attached hydrogen (secondary N) is 1. The molecule has 0 aromatic heterocycles. The number of amides is 2. The van der Waals surface area contributed by atoms with Gasteiger partial charge in [0, 0.05) is 11.1 Å². The maximum atomic E-state index is 13.8. The molecule has 0 spiro atoms. The lowest BCUT2D eigenvalue weighted by atomic mass is 10.1. The molecule has 3 aromatic carbocycles. The summed E-state index contributed by atoms with van der Waals surface area (Å²) in [6.45, 7) is 3.46. The van der Waals surface area contributed by atoms with E-state index in [1.54, 1.807) is 54.3 Å². The summed E-state index contributed by atoms with van der Waals surface area (Å²) < 4.78 is 30.4. The van der Waals surface area contributed by atoms with E-state index < -0.39 is 5.97 Å². The molecule has 0 unspecified atom stereocenters. The van der Waals surface area contributed by atoms with Crippen LogP contribution in [0.2, 0.25) is 0 Å². The second-order valence-corrected chi connectivity index (χ2v) is 7.99. The van der Waals surface area contributed by atoms with Crippen molar-refractivity contribution in [1.82, 2.24) is 4.90 Å². The zero-order valence-corrected chi connectivity index (χ0v) is 19.5. The van der Waals surface area contributed by atoms with Gasteiger partial charge in [-0.2, -0.15) is 0 Å². The van der Waals surface area contributed by atoms with Crippen molar-refractivity contribution in [1.29, 1.82) is 0 Å². The van der Waals surface area contributed by atoms with Gasteiger partial charge in [0.05, 0.1) is 44.2 Å². The summed E-state index contributed by atoms with van der Waals surface area (Å²) in [6.07, 6.45) is 0. The Morgan fingerprint density at radius 3 is 2.69 bits per heavy atom. The summed E-state index contributed by atoms with van der Waals surface area (Å²) in [6, 6.07) is 18.6. The van der Waals surface area contributed by atoms with Crippen LogP contribution in [0.25, 0.3) is 0 Å². The van der Waals surface area contributed by atoms with Crippen LogP contribution in [0, 0.1) is 5.82 Å². The number of ether oxygens (including phenoxy) is 3. The van der Waals surface area contributed by atoms with Crippen molar-refractivity contribution in [2.24, 2.45) is 0 Å². The van der Waals surface area contributed by atoms with Gasteiger partial charge in [0.25, 0.3) is 0 Å². The minimum absolute atomic E-state index is 0.161. The van der Waals surface area contributed by atoms with Crippen molar-refractivity contribution in [2.75, 3.05) is 25.1 Å². The molecule has 0 saturated heterocycles. The summed E-state index contributed by atoms with van der Waals surface area (Å²) in [5.41, 5.74) is 2.90. The second-order valence-electron chi connectivity index (χ2n) is 7.99. The van der Waals surface area contributed by atoms with Crippen LogP contribution in [0.15, 0.2) is 66.7 Å². The van der Waals surface area contributed by atoms with Gasteiger partial charge >= 0.3 is 12.0 Å². The number of halogens is 1. The van der Waals surface area contributed by atoms with Gasteiger partial charge in [-0.15, -0.1) is 0 Å². The Morgan fingerprint density at radius 1 is 1.06 bits per heavy atom. The minimum Gasteiger partial charge on any atom is -0.491 e. The molecule has 0 atom stereocenters. The van der Waals surface area contributed by atoms with Crippen molar-refractivity contribution >= 4 is 17.7 Å². The van der Waals surface area contributed by atoms with Crippen molar-refractivity contribution in [3.63, 3.8) is 0 Å². The highest BCUT2D eigenvalue weighted by Gasteiger charge is 2.22.